The van der Waals surface area contributed by atoms with Crippen LogP contribution in [0, 0.1) is 0 Å². The molecule has 1 aliphatic rings. The van der Waals surface area contributed by atoms with Crippen molar-refractivity contribution in [1.29, 1.82) is 0 Å². The fraction of sp³-hybridized carbons (Fsp3) is 0.423. The third-order valence-electron chi connectivity index (χ3n) is 5.97. The SMILES string of the molecule is CC.CCN(CC)C1CCN(c2cc(-c3ccc(Cl)cc3)nc3ccccc23)CC1. The molecule has 0 saturated carbocycles. The zero-order valence-electron chi connectivity index (χ0n) is 18.7. The molecule has 2 heterocycles. The minimum Gasteiger partial charge on any atom is -0.371 e. The van der Waals surface area contributed by atoms with Crippen LogP contribution in [0.25, 0.3) is 22.2 Å². The molecule has 0 radical (unpaired) electrons. The Morgan fingerprint density at radius 1 is 0.967 bits per heavy atom. The maximum atomic E-state index is 6.08. The van der Waals surface area contributed by atoms with Gasteiger partial charge in [-0.25, -0.2) is 4.98 Å². The number of benzene rings is 2. The van der Waals surface area contributed by atoms with Crippen molar-refractivity contribution in [3.05, 3.63) is 59.6 Å². The first kappa shape index (κ1) is 22.6. The molecule has 30 heavy (non-hydrogen) atoms. The molecule has 0 spiro atoms. The summed E-state index contributed by atoms with van der Waals surface area (Å²) in [6.45, 7) is 13.0. The molecule has 0 N–H and O–H groups in total. The van der Waals surface area contributed by atoms with Gasteiger partial charge in [0, 0.05) is 40.8 Å². The Labute approximate surface area is 186 Å². The molecule has 1 aromatic heterocycles. The second-order valence-corrected chi connectivity index (χ2v) is 7.93. The number of pyridine rings is 1. The summed E-state index contributed by atoms with van der Waals surface area (Å²) in [4.78, 5) is 10.1. The van der Waals surface area contributed by atoms with Gasteiger partial charge in [0.2, 0.25) is 0 Å². The molecule has 0 bridgehead atoms. The lowest BCUT2D eigenvalue weighted by molar-refractivity contribution is 0.186. The second kappa shape index (κ2) is 10.8. The van der Waals surface area contributed by atoms with E-state index < -0.39 is 0 Å². The number of piperidine rings is 1. The first-order chi connectivity index (χ1) is 14.7. The molecule has 0 atom stereocenters. The number of nitrogens with zero attached hydrogens (tertiary/aromatic N) is 3. The van der Waals surface area contributed by atoms with Crippen LogP contribution in [0.3, 0.4) is 0 Å². The van der Waals surface area contributed by atoms with Gasteiger partial charge >= 0.3 is 0 Å². The van der Waals surface area contributed by atoms with Gasteiger partial charge < -0.3 is 9.80 Å². The van der Waals surface area contributed by atoms with Crippen LogP contribution in [0.4, 0.5) is 5.69 Å². The van der Waals surface area contributed by atoms with Crippen LogP contribution < -0.4 is 4.90 Å². The van der Waals surface area contributed by atoms with E-state index in [9.17, 15) is 0 Å². The monoisotopic (exact) mass is 423 g/mol. The van der Waals surface area contributed by atoms with Gasteiger partial charge in [-0.05, 0) is 50.2 Å². The third-order valence-corrected chi connectivity index (χ3v) is 6.22. The van der Waals surface area contributed by atoms with Crippen molar-refractivity contribution in [3.8, 4) is 11.3 Å². The topological polar surface area (TPSA) is 19.4 Å². The van der Waals surface area contributed by atoms with Gasteiger partial charge in [0.1, 0.15) is 0 Å². The molecule has 160 valence electrons. The Bertz CT molecular complexity index is 927. The number of rotatable bonds is 5. The second-order valence-electron chi connectivity index (χ2n) is 7.49. The first-order valence-electron chi connectivity index (χ1n) is 11.3. The maximum Gasteiger partial charge on any atom is 0.0730 e. The van der Waals surface area contributed by atoms with Crippen molar-refractivity contribution in [1.82, 2.24) is 9.88 Å². The fourth-order valence-electron chi connectivity index (χ4n) is 4.40. The smallest absolute Gasteiger partial charge is 0.0730 e. The predicted molar refractivity (Wildman–Crippen MR) is 132 cm³/mol. The van der Waals surface area contributed by atoms with Crippen LogP contribution in [0.5, 0.6) is 0 Å². The summed E-state index contributed by atoms with van der Waals surface area (Å²) in [5.41, 5.74) is 4.47. The molecule has 1 saturated heterocycles. The molecule has 1 aliphatic heterocycles. The average Bonchev–Trinajstić information content (AvgIpc) is 2.81. The van der Waals surface area contributed by atoms with Gasteiger partial charge in [0.05, 0.1) is 11.2 Å². The minimum atomic E-state index is 0.704. The zero-order valence-corrected chi connectivity index (χ0v) is 19.5. The lowest BCUT2D eigenvalue weighted by Crippen LogP contribution is -2.44. The van der Waals surface area contributed by atoms with Gasteiger partial charge in [-0.3, -0.25) is 0 Å². The van der Waals surface area contributed by atoms with E-state index in [0.29, 0.717) is 6.04 Å². The van der Waals surface area contributed by atoms with Crippen LogP contribution in [-0.4, -0.2) is 42.1 Å². The molecule has 4 rings (SSSR count). The van der Waals surface area contributed by atoms with Crippen LogP contribution in [0.2, 0.25) is 5.02 Å². The van der Waals surface area contributed by atoms with Gasteiger partial charge in [0.25, 0.3) is 0 Å². The number of halogens is 1. The van der Waals surface area contributed by atoms with Crippen LogP contribution >= 0.6 is 11.6 Å². The summed E-state index contributed by atoms with van der Waals surface area (Å²) in [6.07, 6.45) is 2.43. The zero-order chi connectivity index (χ0) is 21.5. The number of hydrogen-bond acceptors (Lipinski definition) is 3. The molecule has 0 amide bonds. The summed E-state index contributed by atoms with van der Waals surface area (Å²) < 4.78 is 0. The van der Waals surface area contributed by atoms with E-state index in [-0.39, 0.29) is 0 Å². The van der Waals surface area contributed by atoms with Crippen LogP contribution in [-0.2, 0) is 0 Å². The highest BCUT2D eigenvalue weighted by Crippen LogP contribution is 2.33. The molecule has 4 heteroatoms. The van der Waals surface area contributed by atoms with Crippen molar-refractivity contribution >= 4 is 28.2 Å². The Kier molecular flexibility index (Phi) is 8.12. The number of hydrogen-bond donors (Lipinski definition) is 0. The highest BCUT2D eigenvalue weighted by atomic mass is 35.5. The number of aromatic nitrogens is 1. The van der Waals surface area contributed by atoms with Gasteiger partial charge in [-0.2, -0.15) is 0 Å². The highest BCUT2D eigenvalue weighted by Gasteiger charge is 2.24. The fourth-order valence-corrected chi connectivity index (χ4v) is 4.53. The maximum absolute atomic E-state index is 6.08. The van der Waals surface area contributed by atoms with E-state index in [1.54, 1.807) is 0 Å². The van der Waals surface area contributed by atoms with Crippen molar-refractivity contribution in [2.24, 2.45) is 0 Å². The quantitative estimate of drug-likeness (QED) is 0.445. The van der Waals surface area contributed by atoms with E-state index in [1.165, 1.54) is 23.9 Å². The largest absolute Gasteiger partial charge is 0.371 e. The van der Waals surface area contributed by atoms with Crippen molar-refractivity contribution in [2.75, 3.05) is 31.1 Å². The minimum absolute atomic E-state index is 0.704. The van der Waals surface area contributed by atoms with Crippen LogP contribution in [0.1, 0.15) is 40.5 Å². The third kappa shape index (κ3) is 4.96. The Balaban J connectivity index is 0.00000124. The van der Waals surface area contributed by atoms with E-state index in [0.717, 1.165) is 48.0 Å². The normalized spacial score (nSPS) is 14.7. The molecule has 3 nitrogen and oxygen atoms in total. The summed E-state index contributed by atoms with van der Waals surface area (Å²) in [6, 6.07) is 19.4. The molecule has 0 aliphatic carbocycles. The number of anilines is 1. The van der Waals surface area contributed by atoms with Crippen LogP contribution in [0.15, 0.2) is 54.6 Å². The Hall–Kier alpha value is -2.10. The predicted octanol–water partition coefficient (Wildman–Crippen LogP) is 6.89. The molecule has 1 fully saturated rings. The number of para-hydroxylation sites is 1. The molecule has 0 unspecified atom stereocenters. The summed E-state index contributed by atoms with van der Waals surface area (Å²) >= 11 is 6.08. The summed E-state index contributed by atoms with van der Waals surface area (Å²) in [5.74, 6) is 0. The van der Waals surface area contributed by atoms with E-state index in [1.807, 2.05) is 26.0 Å². The summed E-state index contributed by atoms with van der Waals surface area (Å²) in [7, 11) is 0. The average molecular weight is 424 g/mol. The first-order valence-corrected chi connectivity index (χ1v) is 11.7. The molecule has 3 aromatic rings. The number of fused-ring (bicyclic) bond motifs is 1. The van der Waals surface area contributed by atoms with E-state index in [2.05, 4.69) is 66.1 Å². The lowest BCUT2D eigenvalue weighted by Gasteiger charge is -2.39. The highest BCUT2D eigenvalue weighted by molar-refractivity contribution is 6.30. The molecular formula is C26H34ClN3. The summed E-state index contributed by atoms with van der Waals surface area (Å²) in [5, 5.41) is 1.99. The van der Waals surface area contributed by atoms with Crippen molar-refractivity contribution in [2.45, 2.75) is 46.6 Å². The van der Waals surface area contributed by atoms with Gasteiger partial charge in [-0.1, -0.05) is 69.6 Å². The van der Waals surface area contributed by atoms with E-state index in [4.69, 9.17) is 16.6 Å². The Morgan fingerprint density at radius 3 is 2.23 bits per heavy atom. The lowest BCUT2D eigenvalue weighted by atomic mass is 10.0. The molecular weight excluding hydrogens is 390 g/mol. The van der Waals surface area contributed by atoms with Crippen molar-refractivity contribution in [3.63, 3.8) is 0 Å². The van der Waals surface area contributed by atoms with Crippen molar-refractivity contribution < 1.29 is 0 Å². The van der Waals surface area contributed by atoms with Gasteiger partial charge in [-0.15, -0.1) is 0 Å². The Morgan fingerprint density at radius 2 is 1.60 bits per heavy atom. The van der Waals surface area contributed by atoms with Gasteiger partial charge in [0.15, 0.2) is 0 Å². The standard InChI is InChI=1S/C24H28ClN3.C2H6/c1-3-27(4-2)20-13-15-28(16-14-20)24-17-23(18-9-11-19(25)12-10-18)26-22-8-6-5-7-21(22)24;1-2/h5-12,17,20H,3-4,13-16H2,1-2H3;1-2H3. The van der Waals surface area contributed by atoms with E-state index >= 15 is 0 Å². The molecule has 2 aromatic carbocycles.